The monoisotopic (exact) mass is 426 g/mol. The summed E-state index contributed by atoms with van der Waals surface area (Å²) in [6, 6.07) is 11.6. The Kier molecular flexibility index (Phi) is 7.07. The number of aliphatic hydroxyl groups excluding tert-OH is 1. The van der Waals surface area contributed by atoms with Gasteiger partial charge in [-0.15, -0.1) is 0 Å². The van der Waals surface area contributed by atoms with Crippen molar-refractivity contribution in [1.82, 2.24) is 9.80 Å². The smallest absolute Gasteiger partial charge is 0.295 e. The molecule has 1 N–H and O–H groups in total. The molecule has 2 aromatic carbocycles. The Hall–Kier alpha value is -3.19. The Bertz CT molecular complexity index is 968. The van der Waals surface area contributed by atoms with Crippen LogP contribution in [-0.4, -0.2) is 60.4 Å². The van der Waals surface area contributed by atoms with Gasteiger partial charge in [0.15, 0.2) is 0 Å². The average Bonchev–Trinajstić information content (AvgIpc) is 2.99. The van der Waals surface area contributed by atoms with E-state index in [2.05, 4.69) is 0 Å². The van der Waals surface area contributed by atoms with Gasteiger partial charge in [-0.1, -0.05) is 12.1 Å². The summed E-state index contributed by atoms with van der Waals surface area (Å²) >= 11 is 0. The van der Waals surface area contributed by atoms with Gasteiger partial charge >= 0.3 is 0 Å². The number of Topliss-reactive ketones (excluding diaryl/α,β-unsaturated/α-hetero) is 1. The fourth-order valence-electron chi connectivity index (χ4n) is 3.69. The van der Waals surface area contributed by atoms with Gasteiger partial charge in [0, 0.05) is 12.1 Å². The molecule has 0 spiro atoms. The first kappa shape index (κ1) is 22.5. The first-order valence-electron chi connectivity index (χ1n) is 10.2. The molecular formula is C24H27FN2O4. The number of ketones is 1. The van der Waals surface area contributed by atoms with Crippen LogP contribution in [0.5, 0.6) is 5.75 Å². The third-order valence-electron chi connectivity index (χ3n) is 5.17. The van der Waals surface area contributed by atoms with Crippen molar-refractivity contribution in [3.8, 4) is 5.75 Å². The minimum atomic E-state index is -0.745. The van der Waals surface area contributed by atoms with Gasteiger partial charge in [0.25, 0.3) is 11.7 Å². The number of ether oxygens (including phenoxy) is 1. The highest BCUT2D eigenvalue weighted by atomic mass is 19.1. The fraction of sp³-hybridized carbons (Fsp3) is 0.333. The number of nitrogens with zero attached hydrogens (tertiary/aromatic N) is 2. The van der Waals surface area contributed by atoms with E-state index in [4.69, 9.17) is 4.74 Å². The van der Waals surface area contributed by atoms with Gasteiger partial charge in [-0.05, 0) is 75.9 Å². The first-order chi connectivity index (χ1) is 14.8. The molecule has 6 nitrogen and oxygen atoms in total. The summed E-state index contributed by atoms with van der Waals surface area (Å²) in [6.07, 6.45) is 0.671. The summed E-state index contributed by atoms with van der Waals surface area (Å²) < 4.78 is 18.8. The lowest BCUT2D eigenvalue weighted by Crippen LogP contribution is -2.32. The van der Waals surface area contributed by atoms with Crippen LogP contribution >= 0.6 is 0 Å². The molecule has 3 rings (SSSR count). The maximum absolute atomic E-state index is 13.3. The van der Waals surface area contributed by atoms with E-state index in [0.29, 0.717) is 30.9 Å². The van der Waals surface area contributed by atoms with E-state index in [1.165, 1.54) is 29.2 Å². The van der Waals surface area contributed by atoms with E-state index in [1.54, 1.807) is 24.3 Å². The lowest BCUT2D eigenvalue weighted by Gasteiger charge is -2.26. The number of rotatable bonds is 8. The van der Waals surface area contributed by atoms with Gasteiger partial charge in [0.05, 0.1) is 18.2 Å². The largest absolute Gasteiger partial charge is 0.507 e. The van der Waals surface area contributed by atoms with Crippen molar-refractivity contribution in [3.05, 3.63) is 71.0 Å². The Morgan fingerprint density at radius 3 is 2.32 bits per heavy atom. The summed E-state index contributed by atoms with van der Waals surface area (Å²) in [5.74, 6) is -1.49. The maximum atomic E-state index is 13.3. The van der Waals surface area contributed by atoms with E-state index >= 15 is 0 Å². The van der Waals surface area contributed by atoms with Crippen molar-refractivity contribution >= 4 is 17.4 Å². The number of hydrogen-bond acceptors (Lipinski definition) is 5. The molecule has 0 saturated carbocycles. The van der Waals surface area contributed by atoms with Gasteiger partial charge in [0.2, 0.25) is 0 Å². The number of amides is 1. The molecule has 0 radical (unpaired) electrons. The Morgan fingerprint density at radius 1 is 1.10 bits per heavy atom. The number of aliphatic hydroxyl groups is 1. The molecule has 31 heavy (non-hydrogen) atoms. The van der Waals surface area contributed by atoms with Gasteiger partial charge < -0.3 is 19.6 Å². The van der Waals surface area contributed by atoms with Crippen molar-refractivity contribution in [2.75, 3.05) is 33.8 Å². The second-order valence-corrected chi connectivity index (χ2v) is 7.66. The van der Waals surface area contributed by atoms with Crippen LogP contribution in [0.4, 0.5) is 4.39 Å². The third-order valence-corrected chi connectivity index (χ3v) is 5.17. The van der Waals surface area contributed by atoms with E-state index in [-0.39, 0.29) is 16.9 Å². The van der Waals surface area contributed by atoms with Crippen LogP contribution in [0.2, 0.25) is 0 Å². The van der Waals surface area contributed by atoms with Gasteiger partial charge in [-0.3, -0.25) is 9.59 Å². The number of likely N-dealkylation sites (tertiary alicyclic amines) is 1. The zero-order valence-electron chi connectivity index (χ0n) is 18.0. The molecule has 2 aromatic rings. The van der Waals surface area contributed by atoms with E-state index in [9.17, 15) is 19.1 Å². The number of hydrogen-bond donors (Lipinski definition) is 1. The molecule has 0 unspecified atom stereocenters. The molecule has 7 heteroatoms. The number of carbonyl (C=O) groups is 2. The Labute approximate surface area is 181 Å². The van der Waals surface area contributed by atoms with Crippen LogP contribution in [-0.2, 0) is 9.59 Å². The van der Waals surface area contributed by atoms with Gasteiger partial charge in [-0.2, -0.15) is 0 Å². The minimum absolute atomic E-state index is 0.00520. The second-order valence-electron chi connectivity index (χ2n) is 7.66. The van der Waals surface area contributed by atoms with Crippen LogP contribution in [0.15, 0.2) is 54.1 Å². The molecule has 1 amide bonds. The Morgan fingerprint density at radius 2 is 1.74 bits per heavy atom. The molecule has 1 heterocycles. The summed E-state index contributed by atoms with van der Waals surface area (Å²) in [6.45, 7) is 3.51. The first-order valence-corrected chi connectivity index (χ1v) is 10.2. The molecule has 1 fully saturated rings. The molecular weight excluding hydrogens is 399 g/mol. The summed E-state index contributed by atoms with van der Waals surface area (Å²) in [5, 5.41) is 10.9. The molecule has 164 valence electrons. The van der Waals surface area contributed by atoms with Gasteiger partial charge in [0.1, 0.15) is 17.3 Å². The van der Waals surface area contributed by atoms with Crippen LogP contribution in [0.25, 0.3) is 5.76 Å². The highest BCUT2D eigenvalue weighted by Crippen LogP contribution is 2.39. The highest BCUT2D eigenvalue weighted by Gasteiger charge is 2.45. The van der Waals surface area contributed by atoms with Crippen molar-refractivity contribution in [1.29, 1.82) is 0 Å². The third kappa shape index (κ3) is 4.94. The lowest BCUT2D eigenvalue weighted by molar-refractivity contribution is -0.139. The van der Waals surface area contributed by atoms with Crippen molar-refractivity contribution in [2.24, 2.45) is 0 Å². The molecule has 1 saturated heterocycles. The lowest BCUT2D eigenvalue weighted by atomic mass is 9.95. The predicted octanol–water partition coefficient (Wildman–Crippen LogP) is 3.60. The highest BCUT2D eigenvalue weighted by molar-refractivity contribution is 6.46. The molecule has 0 aromatic heterocycles. The molecule has 0 bridgehead atoms. The number of benzene rings is 2. The van der Waals surface area contributed by atoms with Gasteiger partial charge in [-0.25, -0.2) is 4.39 Å². The summed E-state index contributed by atoms with van der Waals surface area (Å²) in [7, 11) is 3.87. The van der Waals surface area contributed by atoms with E-state index in [0.717, 1.165) is 6.54 Å². The quantitative estimate of drug-likeness (QED) is 0.397. The summed E-state index contributed by atoms with van der Waals surface area (Å²) in [4.78, 5) is 29.3. The van der Waals surface area contributed by atoms with Crippen LogP contribution < -0.4 is 4.74 Å². The fourth-order valence-corrected chi connectivity index (χ4v) is 3.69. The topological polar surface area (TPSA) is 70.1 Å². The zero-order valence-corrected chi connectivity index (χ0v) is 18.0. The average molecular weight is 426 g/mol. The molecule has 1 aliphatic rings. The van der Waals surface area contributed by atoms with Crippen molar-refractivity contribution in [3.63, 3.8) is 0 Å². The SMILES string of the molecule is CCOc1ccc([C@H]2/C(=C(/O)c3ccc(F)cc3)C(=O)C(=O)N2CCCN(C)C)cc1. The molecule has 1 atom stereocenters. The van der Waals surface area contributed by atoms with Crippen LogP contribution in [0.3, 0.4) is 0 Å². The number of halogens is 1. The Balaban J connectivity index is 2.05. The molecule has 0 aliphatic carbocycles. The van der Waals surface area contributed by atoms with E-state index in [1.807, 2.05) is 25.9 Å². The van der Waals surface area contributed by atoms with Crippen molar-refractivity contribution in [2.45, 2.75) is 19.4 Å². The minimum Gasteiger partial charge on any atom is -0.507 e. The van der Waals surface area contributed by atoms with Crippen LogP contribution in [0.1, 0.15) is 30.5 Å². The molecule has 1 aliphatic heterocycles. The zero-order chi connectivity index (χ0) is 22.5. The second kappa shape index (κ2) is 9.75. The summed E-state index contributed by atoms with van der Waals surface area (Å²) in [5.41, 5.74) is 0.977. The van der Waals surface area contributed by atoms with E-state index < -0.39 is 23.5 Å². The predicted molar refractivity (Wildman–Crippen MR) is 116 cm³/mol. The maximum Gasteiger partial charge on any atom is 0.295 e. The normalized spacial score (nSPS) is 18.1. The van der Waals surface area contributed by atoms with Crippen molar-refractivity contribution < 1.29 is 23.8 Å². The van der Waals surface area contributed by atoms with Crippen LogP contribution in [0, 0.1) is 5.82 Å². The standard InChI is InChI=1S/C24H27FN2O4/c1-4-31-19-12-8-16(9-13-19)21-20(22(28)17-6-10-18(25)11-7-17)23(29)24(30)27(21)15-5-14-26(2)3/h6-13,21,28H,4-5,14-15H2,1-3H3/b22-20-/t21-/m0/s1. The number of carbonyl (C=O) groups excluding carboxylic acids is 2.